The average molecular weight is 455 g/mol. The second-order valence-electron chi connectivity index (χ2n) is 9.28. The summed E-state index contributed by atoms with van der Waals surface area (Å²) >= 11 is 0. The Kier molecular flexibility index (Phi) is 8.13. The van der Waals surface area contributed by atoms with Crippen LogP contribution < -0.4 is 10.2 Å². The zero-order chi connectivity index (χ0) is 24.0. The van der Waals surface area contributed by atoms with Gasteiger partial charge in [0.2, 0.25) is 5.95 Å². The molecular formula is C25H38N6O2. The Bertz CT molecular complexity index is 917. The van der Waals surface area contributed by atoms with Crippen LogP contribution in [0.1, 0.15) is 45.9 Å². The van der Waals surface area contributed by atoms with Crippen molar-refractivity contribution in [1.82, 2.24) is 19.8 Å². The molecule has 0 unspecified atom stereocenters. The molecule has 1 amide bonds. The van der Waals surface area contributed by atoms with E-state index in [2.05, 4.69) is 56.4 Å². The normalized spacial score (nSPS) is 16.4. The van der Waals surface area contributed by atoms with Gasteiger partial charge in [-0.1, -0.05) is 13.8 Å². The summed E-state index contributed by atoms with van der Waals surface area (Å²) in [7, 11) is 2.16. The summed E-state index contributed by atoms with van der Waals surface area (Å²) < 4.78 is 5.51. The number of nitrogens with zero attached hydrogens (tertiary/aromatic N) is 5. The maximum atomic E-state index is 12.4. The van der Waals surface area contributed by atoms with Gasteiger partial charge in [0.25, 0.3) is 0 Å². The van der Waals surface area contributed by atoms with E-state index in [0.717, 1.165) is 49.5 Å². The van der Waals surface area contributed by atoms with E-state index in [1.807, 2.05) is 40.8 Å². The lowest BCUT2D eigenvalue weighted by molar-refractivity contribution is 0.0220. The molecule has 4 rings (SSSR count). The van der Waals surface area contributed by atoms with Crippen LogP contribution in [-0.2, 0) is 17.7 Å². The first-order valence-electron chi connectivity index (χ1n) is 11.9. The highest BCUT2D eigenvalue weighted by Gasteiger charge is 2.26. The Labute approximate surface area is 198 Å². The molecule has 180 valence electrons. The number of anilines is 3. The first kappa shape index (κ1) is 24.8. The van der Waals surface area contributed by atoms with Gasteiger partial charge in [-0.25, -0.2) is 14.8 Å². The fourth-order valence-electron chi connectivity index (χ4n) is 3.79. The lowest BCUT2D eigenvalue weighted by Crippen LogP contribution is -2.44. The summed E-state index contributed by atoms with van der Waals surface area (Å²) in [5.41, 5.74) is 3.61. The van der Waals surface area contributed by atoms with Crippen molar-refractivity contribution in [3.05, 3.63) is 41.7 Å². The Morgan fingerprint density at radius 2 is 1.70 bits per heavy atom. The monoisotopic (exact) mass is 454 g/mol. The van der Waals surface area contributed by atoms with Crippen LogP contribution in [0.15, 0.2) is 30.5 Å². The van der Waals surface area contributed by atoms with Crippen LogP contribution in [-0.4, -0.2) is 71.2 Å². The second kappa shape index (κ2) is 10.8. The Balaban J connectivity index is 0.00000149. The van der Waals surface area contributed by atoms with Gasteiger partial charge in [0.05, 0.1) is 12.2 Å². The first-order chi connectivity index (χ1) is 15.8. The molecule has 0 spiro atoms. The highest BCUT2D eigenvalue weighted by atomic mass is 16.6. The molecule has 0 saturated carbocycles. The molecule has 1 fully saturated rings. The molecule has 1 N–H and O–H groups in total. The van der Waals surface area contributed by atoms with Crippen LogP contribution in [0.2, 0.25) is 0 Å². The summed E-state index contributed by atoms with van der Waals surface area (Å²) in [4.78, 5) is 28.0. The van der Waals surface area contributed by atoms with E-state index in [9.17, 15) is 4.79 Å². The largest absolute Gasteiger partial charge is 0.444 e. The van der Waals surface area contributed by atoms with Gasteiger partial charge in [0.1, 0.15) is 5.60 Å². The first-order valence-corrected chi connectivity index (χ1v) is 11.9. The van der Waals surface area contributed by atoms with E-state index < -0.39 is 5.60 Å². The fraction of sp³-hybridized carbons (Fsp3) is 0.560. The number of hydrogen-bond donors (Lipinski definition) is 1. The zero-order valence-corrected chi connectivity index (χ0v) is 20.9. The van der Waals surface area contributed by atoms with E-state index in [4.69, 9.17) is 4.74 Å². The summed E-state index contributed by atoms with van der Waals surface area (Å²) in [6.07, 6.45) is 2.29. The number of carbonyl (C=O) groups is 1. The lowest BCUT2D eigenvalue weighted by atomic mass is 10.1. The number of carbonyl (C=O) groups excluding carboxylic acids is 1. The van der Waals surface area contributed by atoms with Crippen LogP contribution in [0.4, 0.5) is 22.1 Å². The molecule has 33 heavy (non-hydrogen) atoms. The molecule has 1 aromatic carbocycles. The Morgan fingerprint density at radius 1 is 1.03 bits per heavy atom. The molecule has 2 aromatic rings. The predicted octanol–water partition coefficient (Wildman–Crippen LogP) is 4.29. The van der Waals surface area contributed by atoms with Crippen molar-refractivity contribution in [2.75, 3.05) is 50.0 Å². The molecule has 1 aromatic heterocycles. The van der Waals surface area contributed by atoms with E-state index >= 15 is 0 Å². The number of piperazine rings is 1. The van der Waals surface area contributed by atoms with Gasteiger partial charge >= 0.3 is 6.09 Å². The van der Waals surface area contributed by atoms with E-state index in [0.29, 0.717) is 19.0 Å². The number of aromatic nitrogens is 2. The molecule has 8 nitrogen and oxygen atoms in total. The van der Waals surface area contributed by atoms with Gasteiger partial charge in [0.15, 0.2) is 0 Å². The van der Waals surface area contributed by atoms with Crippen molar-refractivity contribution in [2.45, 2.75) is 53.2 Å². The third kappa shape index (κ3) is 6.81. The number of hydrogen-bond acceptors (Lipinski definition) is 7. The number of amides is 1. The molecule has 8 heteroatoms. The number of rotatable bonds is 3. The molecule has 0 aliphatic carbocycles. The SMILES string of the molecule is CC.CN1CCN(c2ccc(Nc3ncc4c(n3)CN(C(=O)OC(C)(C)C)CC4)cc2)CC1. The molecular weight excluding hydrogens is 416 g/mol. The maximum Gasteiger partial charge on any atom is 0.410 e. The summed E-state index contributed by atoms with van der Waals surface area (Å²) in [6, 6.07) is 8.39. The van der Waals surface area contributed by atoms with Crippen LogP contribution in [0.5, 0.6) is 0 Å². The number of nitrogens with one attached hydrogen (secondary N) is 1. The van der Waals surface area contributed by atoms with Gasteiger partial charge < -0.3 is 24.8 Å². The number of ether oxygens (including phenoxy) is 1. The van der Waals surface area contributed by atoms with Crippen LogP contribution in [0, 0.1) is 0 Å². The highest BCUT2D eigenvalue weighted by molar-refractivity contribution is 5.68. The quantitative estimate of drug-likeness (QED) is 0.741. The lowest BCUT2D eigenvalue weighted by Gasteiger charge is -2.34. The molecule has 3 heterocycles. The van der Waals surface area contributed by atoms with Crippen LogP contribution >= 0.6 is 0 Å². The number of benzene rings is 1. The topological polar surface area (TPSA) is 73.8 Å². The smallest absolute Gasteiger partial charge is 0.410 e. The van der Waals surface area contributed by atoms with Crippen molar-refractivity contribution >= 4 is 23.4 Å². The van der Waals surface area contributed by atoms with Gasteiger partial charge in [-0.05, 0) is 64.1 Å². The molecule has 2 aliphatic rings. The van der Waals surface area contributed by atoms with Gasteiger partial charge in [-0.2, -0.15) is 0 Å². The average Bonchev–Trinajstić information content (AvgIpc) is 2.80. The van der Waals surface area contributed by atoms with E-state index in [1.54, 1.807) is 4.90 Å². The third-order valence-electron chi connectivity index (χ3n) is 5.59. The molecule has 0 atom stereocenters. The van der Waals surface area contributed by atoms with E-state index in [-0.39, 0.29) is 6.09 Å². The molecule has 2 aliphatic heterocycles. The summed E-state index contributed by atoms with van der Waals surface area (Å²) in [6.45, 7) is 14.9. The van der Waals surface area contributed by atoms with Gasteiger partial charge in [-0.3, -0.25) is 0 Å². The van der Waals surface area contributed by atoms with Crippen LogP contribution in [0.25, 0.3) is 0 Å². The van der Waals surface area contributed by atoms with Crippen LogP contribution in [0.3, 0.4) is 0 Å². The maximum absolute atomic E-state index is 12.4. The summed E-state index contributed by atoms with van der Waals surface area (Å²) in [5.74, 6) is 0.539. The molecule has 0 radical (unpaired) electrons. The molecule has 0 bridgehead atoms. The zero-order valence-electron chi connectivity index (χ0n) is 20.9. The highest BCUT2D eigenvalue weighted by Crippen LogP contribution is 2.23. The van der Waals surface area contributed by atoms with Crippen molar-refractivity contribution in [3.8, 4) is 0 Å². The fourth-order valence-corrected chi connectivity index (χ4v) is 3.79. The third-order valence-corrected chi connectivity index (χ3v) is 5.59. The minimum atomic E-state index is -0.508. The second-order valence-corrected chi connectivity index (χ2v) is 9.28. The molecule has 1 saturated heterocycles. The van der Waals surface area contributed by atoms with Crippen molar-refractivity contribution in [1.29, 1.82) is 0 Å². The van der Waals surface area contributed by atoms with Gasteiger partial charge in [0, 0.05) is 50.3 Å². The standard InChI is InChI=1S/C23H32N6O2.C2H6/c1-23(2,3)31-22(30)29-10-9-17-15-24-21(26-20(17)16-29)25-18-5-7-19(8-6-18)28-13-11-27(4)12-14-28;1-2/h5-8,15H,9-14,16H2,1-4H3,(H,24,25,26);1-2H3. The van der Waals surface area contributed by atoms with Crippen molar-refractivity contribution < 1.29 is 9.53 Å². The Hall–Kier alpha value is -2.87. The Morgan fingerprint density at radius 3 is 2.33 bits per heavy atom. The van der Waals surface area contributed by atoms with Crippen molar-refractivity contribution in [2.24, 2.45) is 0 Å². The summed E-state index contributed by atoms with van der Waals surface area (Å²) in [5, 5.41) is 3.29. The predicted molar refractivity (Wildman–Crippen MR) is 133 cm³/mol. The van der Waals surface area contributed by atoms with E-state index in [1.165, 1.54) is 5.69 Å². The minimum absolute atomic E-state index is 0.300. The van der Waals surface area contributed by atoms with Gasteiger partial charge in [-0.15, -0.1) is 0 Å². The van der Waals surface area contributed by atoms with Crippen molar-refractivity contribution in [3.63, 3.8) is 0 Å². The number of fused-ring (bicyclic) bond motifs is 1. The minimum Gasteiger partial charge on any atom is -0.444 e. The number of likely N-dealkylation sites (N-methyl/N-ethyl adjacent to an activating group) is 1.